The summed E-state index contributed by atoms with van der Waals surface area (Å²) < 4.78 is 17.3. The fourth-order valence-electron chi connectivity index (χ4n) is 4.69. The molecule has 0 bridgehead atoms. The Labute approximate surface area is 212 Å². The molecule has 0 N–H and O–H groups in total. The van der Waals surface area contributed by atoms with Crippen molar-refractivity contribution < 1.29 is 23.9 Å². The second-order valence-corrected chi connectivity index (χ2v) is 23.7. The van der Waals surface area contributed by atoms with Gasteiger partial charge in [-0.05, 0) is 0 Å². The Balaban J connectivity index is 3.08. The second-order valence-electron chi connectivity index (χ2n) is 10.7. The monoisotopic (exact) mass is 587 g/mol. The molecule has 2 atom stereocenters. The third-order valence-electron chi connectivity index (χ3n) is 6.53. The van der Waals surface area contributed by atoms with Crippen LogP contribution in [0.15, 0.2) is 10.2 Å². The molecule has 1 rings (SSSR count). The third-order valence-corrected chi connectivity index (χ3v) is 20.8. The molecule has 0 unspecified atom stereocenters. The fraction of sp³-hybridized carbons (Fsp3) is 0.815. The van der Waals surface area contributed by atoms with Crippen LogP contribution >= 0.6 is 0 Å². The Kier molecular flexibility index (Phi) is 13.8. The van der Waals surface area contributed by atoms with Crippen molar-refractivity contribution in [2.45, 2.75) is 125 Å². The number of hydrogen-bond donors (Lipinski definition) is 0. The molecule has 196 valence electrons. The third kappa shape index (κ3) is 9.90. The van der Waals surface area contributed by atoms with E-state index in [-0.39, 0.29) is 12.5 Å². The van der Waals surface area contributed by atoms with Crippen LogP contribution < -0.4 is 0 Å². The van der Waals surface area contributed by atoms with E-state index in [1.54, 1.807) is 27.7 Å². The summed E-state index contributed by atoms with van der Waals surface area (Å²) >= 11 is -2.45. The van der Waals surface area contributed by atoms with Crippen LogP contribution in [0.4, 0.5) is 4.79 Å². The van der Waals surface area contributed by atoms with Gasteiger partial charge in [-0.15, -0.1) is 0 Å². The van der Waals surface area contributed by atoms with Crippen LogP contribution in [0.25, 0.3) is 0 Å². The molecule has 1 saturated heterocycles. The average molecular weight is 586 g/mol. The summed E-state index contributed by atoms with van der Waals surface area (Å²) in [5.41, 5.74) is -0.750. The van der Waals surface area contributed by atoms with Gasteiger partial charge in [0.25, 0.3) is 0 Å². The summed E-state index contributed by atoms with van der Waals surface area (Å²) in [6.45, 7) is 14.0. The zero-order valence-electron chi connectivity index (χ0n) is 22.8. The normalized spacial score (nSPS) is 19.1. The predicted molar refractivity (Wildman–Crippen MR) is 140 cm³/mol. The topological polar surface area (TPSA) is 72.9 Å². The standard InChI is InChI=1S/C15H22NO5.3C4H9.Sn/c1-6-8-10-9-11(13(18)20-7-2)16(12(10)17)14(19)21-15(3,4)5;3*1-3-4-2;/h1,6,10-11H,7-9H2,2-5H3;3*1,3-4H2,2H3;/t10-,11+;;;;/m0..../s1. The molecule has 0 aromatic carbocycles. The molecule has 0 aliphatic carbocycles. The number of imide groups is 1. The molecular formula is C27H49NO5Sn. The van der Waals surface area contributed by atoms with Gasteiger partial charge < -0.3 is 0 Å². The number of unbranched alkanes of at least 4 members (excludes halogenated alkanes) is 3. The van der Waals surface area contributed by atoms with Gasteiger partial charge in [-0.1, -0.05) is 0 Å². The van der Waals surface area contributed by atoms with Crippen molar-refractivity contribution in [2.24, 2.45) is 5.92 Å². The second kappa shape index (κ2) is 15.1. The number of likely N-dealkylation sites (tertiary alicyclic amines) is 1. The molecule has 2 amide bonds. The molecule has 1 fully saturated rings. The maximum absolute atomic E-state index is 13.2. The molecule has 1 aliphatic rings. The van der Waals surface area contributed by atoms with Crippen LogP contribution in [0.2, 0.25) is 13.3 Å². The molecule has 1 aliphatic heterocycles. The van der Waals surface area contributed by atoms with E-state index in [9.17, 15) is 14.4 Å². The van der Waals surface area contributed by atoms with Gasteiger partial charge >= 0.3 is 213 Å². The van der Waals surface area contributed by atoms with Crippen molar-refractivity contribution in [3.8, 4) is 0 Å². The van der Waals surface area contributed by atoms with Gasteiger partial charge in [-0.3, -0.25) is 0 Å². The summed E-state index contributed by atoms with van der Waals surface area (Å²) in [4.78, 5) is 39.6. The zero-order valence-corrected chi connectivity index (χ0v) is 25.6. The van der Waals surface area contributed by atoms with E-state index >= 15 is 0 Å². The molecule has 0 radical (unpaired) electrons. The number of carbonyl (C=O) groups is 3. The number of carbonyl (C=O) groups excluding carboxylic acids is 3. The van der Waals surface area contributed by atoms with Crippen LogP contribution in [-0.2, 0) is 19.1 Å². The summed E-state index contributed by atoms with van der Waals surface area (Å²) in [5.74, 6) is -1.25. The minimum atomic E-state index is -2.45. The maximum atomic E-state index is 13.2. The van der Waals surface area contributed by atoms with E-state index in [1.807, 2.05) is 0 Å². The molecule has 0 aromatic rings. The SMILES string of the molecule is CCC[CH2][Sn](/[CH]=C/C[C@H]1C[C@H](C(=O)OCC)N(C(=O)OC(C)(C)C)C1=O)([CH2]CCC)[CH2]CCC. The molecule has 1 heterocycles. The minimum absolute atomic E-state index is 0.208. The van der Waals surface area contributed by atoms with Crippen molar-refractivity contribution in [1.82, 2.24) is 4.90 Å². The summed E-state index contributed by atoms with van der Waals surface area (Å²) in [6.07, 6.45) is 9.84. The number of rotatable bonds is 14. The Hall–Kier alpha value is -1.05. The van der Waals surface area contributed by atoms with Crippen LogP contribution in [-0.4, -0.2) is 59.5 Å². The van der Waals surface area contributed by atoms with E-state index in [0.717, 1.165) is 4.90 Å². The average Bonchev–Trinajstić information content (AvgIpc) is 3.10. The molecule has 0 spiro atoms. The number of allylic oxidation sites excluding steroid dienone is 1. The van der Waals surface area contributed by atoms with Gasteiger partial charge in [0, 0.05) is 0 Å². The van der Waals surface area contributed by atoms with Gasteiger partial charge in [0.15, 0.2) is 0 Å². The zero-order chi connectivity index (χ0) is 25.8. The van der Waals surface area contributed by atoms with E-state index < -0.39 is 48.0 Å². The van der Waals surface area contributed by atoms with Crippen molar-refractivity contribution in [3.63, 3.8) is 0 Å². The first-order valence-corrected chi connectivity index (χ1v) is 21.1. The van der Waals surface area contributed by atoms with Gasteiger partial charge in [0.05, 0.1) is 0 Å². The van der Waals surface area contributed by atoms with E-state index in [4.69, 9.17) is 9.47 Å². The van der Waals surface area contributed by atoms with Crippen LogP contribution in [0.1, 0.15) is 99.8 Å². The molecular weight excluding hydrogens is 537 g/mol. The van der Waals surface area contributed by atoms with Gasteiger partial charge in [-0.2, -0.15) is 0 Å². The van der Waals surface area contributed by atoms with Crippen LogP contribution in [0.5, 0.6) is 0 Å². The molecule has 6 nitrogen and oxygen atoms in total. The Morgan fingerprint density at radius 2 is 1.53 bits per heavy atom. The van der Waals surface area contributed by atoms with Gasteiger partial charge in [-0.25, -0.2) is 0 Å². The van der Waals surface area contributed by atoms with E-state index in [2.05, 4.69) is 30.9 Å². The van der Waals surface area contributed by atoms with Gasteiger partial charge in [0.1, 0.15) is 0 Å². The van der Waals surface area contributed by atoms with Gasteiger partial charge in [0.2, 0.25) is 0 Å². The number of amides is 2. The first-order valence-electron chi connectivity index (χ1n) is 13.4. The number of ether oxygens (including phenoxy) is 2. The van der Waals surface area contributed by atoms with Crippen molar-refractivity contribution in [3.05, 3.63) is 10.2 Å². The van der Waals surface area contributed by atoms with Crippen molar-refractivity contribution >= 4 is 36.3 Å². The fourth-order valence-corrected chi connectivity index (χ4v) is 19.1. The van der Waals surface area contributed by atoms with Crippen LogP contribution in [0.3, 0.4) is 0 Å². The molecule has 0 aromatic heterocycles. The summed E-state index contributed by atoms with van der Waals surface area (Å²) in [7, 11) is 0. The summed E-state index contributed by atoms with van der Waals surface area (Å²) in [5, 5.41) is 0. The van der Waals surface area contributed by atoms with Crippen molar-refractivity contribution in [2.75, 3.05) is 6.61 Å². The van der Waals surface area contributed by atoms with Crippen LogP contribution in [0, 0.1) is 5.92 Å². The first-order chi connectivity index (χ1) is 16.0. The predicted octanol–water partition coefficient (Wildman–Crippen LogP) is 7.04. The molecule has 0 saturated carbocycles. The first kappa shape index (κ1) is 31.0. The molecule has 34 heavy (non-hydrogen) atoms. The van der Waals surface area contributed by atoms with E-state index in [1.165, 1.54) is 51.8 Å². The molecule has 7 heteroatoms. The van der Waals surface area contributed by atoms with E-state index in [0.29, 0.717) is 12.8 Å². The Morgan fingerprint density at radius 1 is 1.00 bits per heavy atom. The quantitative estimate of drug-likeness (QED) is 0.161. The van der Waals surface area contributed by atoms with Crippen molar-refractivity contribution in [1.29, 1.82) is 0 Å². The summed E-state index contributed by atoms with van der Waals surface area (Å²) in [6, 6.07) is -0.908. The number of hydrogen-bond acceptors (Lipinski definition) is 5. The Morgan fingerprint density at radius 3 is 1.97 bits per heavy atom. The number of nitrogens with zero attached hydrogens (tertiary/aromatic N) is 1. The Bertz CT molecular complexity index is 663. The number of esters is 1.